The van der Waals surface area contributed by atoms with Crippen molar-refractivity contribution in [2.45, 2.75) is 26.7 Å². The lowest BCUT2D eigenvalue weighted by atomic mass is 10.3. The maximum atomic E-state index is 5.72. The molecule has 5 nitrogen and oxygen atoms in total. The van der Waals surface area contributed by atoms with E-state index in [-0.39, 0.29) is 0 Å². The van der Waals surface area contributed by atoms with E-state index in [2.05, 4.69) is 13.8 Å². The molecule has 0 amide bonds. The number of benzene rings is 1. The van der Waals surface area contributed by atoms with Crippen molar-refractivity contribution in [3.8, 4) is 11.5 Å². The molecule has 0 spiro atoms. The highest BCUT2D eigenvalue weighted by atomic mass is 16.5. The van der Waals surface area contributed by atoms with Crippen LogP contribution in [-0.4, -0.2) is 65.7 Å². The molecule has 5 heteroatoms. The van der Waals surface area contributed by atoms with Gasteiger partial charge < -0.3 is 24.0 Å². The molecule has 1 aromatic rings. The monoisotopic (exact) mass is 352 g/mol. The van der Waals surface area contributed by atoms with Gasteiger partial charge in [0.2, 0.25) is 0 Å². The number of unbranched alkanes of at least 4 members (excludes halogenated alkanes) is 1. The summed E-state index contributed by atoms with van der Waals surface area (Å²) in [5, 5.41) is 0. The van der Waals surface area contributed by atoms with Gasteiger partial charge in [-0.1, -0.05) is 13.3 Å². The first-order chi connectivity index (χ1) is 12.3. The van der Waals surface area contributed by atoms with Crippen molar-refractivity contribution in [3.63, 3.8) is 0 Å². The van der Waals surface area contributed by atoms with Gasteiger partial charge in [0, 0.05) is 0 Å². The van der Waals surface area contributed by atoms with Crippen LogP contribution in [-0.2, 0) is 4.74 Å². The lowest BCUT2D eigenvalue weighted by Gasteiger charge is -2.28. The lowest BCUT2D eigenvalue weighted by molar-refractivity contribution is -1.01. The van der Waals surface area contributed by atoms with Crippen molar-refractivity contribution in [1.82, 2.24) is 0 Å². The smallest absolute Gasteiger partial charge is 0.127 e. The summed E-state index contributed by atoms with van der Waals surface area (Å²) in [4.78, 5) is 3.41. The summed E-state index contributed by atoms with van der Waals surface area (Å²) in [5.74, 6) is 1.78. The second-order valence-corrected chi connectivity index (χ2v) is 6.74. The zero-order chi connectivity index (χ0) is 17.7. The predicted molar refractivity (Wildman–Crippen MR) is 100.0 cm³/mol. The van der Waals surface area contributed by atoms with Crippen LogP contribution in [0, 0.1) is 0 Å². The first kappa shape index (κ1) is 20.0. The number of rotatable bonds is 12. The molecular formula is C20H36N2O3+2. The summed E-state index contributed by atoms with van der Waals surface area (Å²) < 4.78 is 17.1. The first-order valence-electron chi connectivity index (χ1n) is 9.92. The average Bonchev–Trinajstić information content (AvgIpc) is 2.66. The largest absolute Gasteiger partial charge is 0.494 e. The quantitative estimate of drug-likeness (QED) is 0.523. The molecule has 2 N–H and O–H groups in total. The van der Waals surface area contributed by atoms with Gasteiger partial charge in [-0.3, -0.25) is 0 Å². The van der Waals surface area contributed by atoms with Crippen molar-refractivity contribution in [1.29, 1.82) is 0 Å². The molecule has 0 atom stereocenters. The Labute approximate surface area is 152 Å². The standard InChI is InChI=1S/C20H34N2O3/c1-3-5-15-24-19-6-8-20(9-7-19)25-18-17-23-16-14-22-12-10-21(4-2)11-13-22/h6-9H,3-5,10-18H2,1-2H3/p+2. The zero-order valence-corrected chi connectivity index (χ0v) is 16.0. The molecule has 0 unspecified atom stereocenters. The third kappa shape index (κ3) is 8.08. The molecule has 1 fully saturated rings. The third-order valence-electron chi connectivity index (χ3n) is 4.85. The lowest BCUT2D eigenvalue weighted by Crippen LogP contribution is -3.28. The van der Waals surface area contributed by atoms with E-state index in [0.29, 0.717) is 13.2 Å². The Morgan fingerprint density at radius 3 is 1.96 bits per heavy atom. The number of nitrogens with one attached hydrogen (secondary N) is 2. The molecule has 0 radical (unpaired) electrons. The molecule has 25 heavy (non-hydrogen) atoms. The number of likely N-dealkylation sites (N-methyl/N-ethyl adjacent to an activating group) is 1. The summed E-state index contributed by atoms with van der Waals surface area (Å²) in [7, 11) is 0. The van der Waals surface area contributed by atoms with Crippen LogP contribution in [0.2, 0.25) is 0 Å². The van der Waals surface area contributed by atoms with E-state index in [1.54, 1.807) is 9.80 Å². The van der Waals surface area contributed by atoms with Gasteiger partial charge in [-0.05, 0) is 37.6 Å². The van der Waals surface area contributed by atoms with Gasteiger partial charge in [-0.2, -0.15) is 0 Å². The second-order valence-electron chi connectivity index (χ2n) is 6.74. The molecule has 1 aromatic carbocycles. The van der Waals surface area contributed by atoms with E-state index < -0.39 is 0 Å². The van der Waals surface area contributed by atoms with Crippen LogP contribution in [0.5, 0.6) is 11.5 Å². The van der Waals surface area contributed by atoms with E-state index in [9.17, 15) is 0 Å². The van der Waals surface area contributed by atoms with Crippen LogP contribution in [0.4, 0.5) is 0 Å². The van der Waals surface area contributed by atoms with E-state index in [0.717, 1.165) is 44.1 Å². The predicted octanol–water partition coefficient (Wildman–Crippen LogP) is 0.0642. The van der Waals surface area contributed by atoms with Crippen molar-refractivity contribution >= 4 is 0 Å². The summed E-state index contributed by atoms with van der Waals surface area (Å²) in [6, 6.07) is 7.85. The van der Waals surface area contributed by atoms with Crippen LogP contribution in [0.15, 0.2) is 24.3 Å². The minimum Gasteiger partial charge on any atom is -0.494 e. The average molecular weight is 353 g/mol. The van der Waals surface area contributed by atoms with E-state index >= 15 is 0 Å². The molecule has 1 aliphatic heterocycles. The minimum absolute atomic E-state index is 0.596. The van der Waals surface area contributed by atoms with Gasteiger partial charge in [0.1, 0.15) is 50.8 Å². The maximum absolute atomic E-state index is 5.72. The molecular weight excluding hydrogens is 316 g/mol. The minimum atomic E-state index is 0.596. The summed E-state index contributed by atoms with van der Waals surface area (Å²) in [6.45, 7) is 14.8. The van der Waals surface area contributed by atoms with Crippen LogP contribution < -0.4 is 19.3 Å². The Balaban J connectivity index is 1.49. The molecule has 1 aliphatic rings. The van der Waals surface area contributed by atoms with Crippen LogP contribution in [0.3, 0.4) is 0 Å². The van der Waals surface area contributed by atoms with Gasteiger partial charge in [-0.25, -0.2) is 0 Å². The van der Waals surface area contributed by atoms with E-state index in [4.69, 9.17) is 14.2 Å². The third-order valence-corrected chi connectivity index (χ3v) is 4.85. The highest BCUT2D eigenvalue weighted by Gasteiger charge is 2.20. The van der Waals surface area contributed by atoms with Crippen molar-refractivity contribution in [3.05, 3.63) is 24.3 Å². The van der Waals surface area contributed by atoms with Crippen molar-refractivity contribution < 1.29 is 24.0 Å². The van der Waals surface area contributed by atoms with Crippen LogP contribution >= 0.6 is 0 Å². The normalized spacial score (nSPS) is 20.4. The maximum Gasteiger partial charge on any atom is 0.127 e. The Bertz CT molecular complexity index is 445. The molecule has 1 heterocycles. The van der Waals surface area contributed by atoms with Crippen molar-refractivity contribution in [2.24, 2.45) is 0 Å². The SMILES string of the molecule is CCCCOc1ccc(OCCOCC[NH+]2CC[NH+](CC)CC2)cc1. The number of hydrogen-bond donors (Lipinski definition) is 2. The molecule has 0 aromatic heterocycles. The molecule has 0 aliphatic carbocycles. The second kappa shape index (κ2) is 12.1. The Kier molecular flexibility index (Phi) is 9.70. The molecule has 0 saturated carbocycles. The van der Waals surface area contributed by atoms with Gasteiger partial charge in [0.15, 0.2) is 0 Å². The Morgan fingerprint density at radius 1 is 0.760 bits per heavy atom. The highest BCUT2D eigenvalue weighted by Crippen LogP contribution is 2.17. The fourth-order valence-corrected chi connectivity index (χ4v) is 3.06. The molecule has 0 bridgehead atoms. The summed E-state index contributed by atoms with van der Waals surface area (Å²) >= 11 is 0. The number of piperazine rings is 1. The van der Waals surface area contributed by atoms with Crippen LogP contribution in [0.1, 0.15) is 26.7 Å². The zero-order valence-electron chi connectivity index (χ0n) is 16.0. The Morgan fingerprint density at radius 2 is 1.36 bits per heavy atom. The number of ether oxygens (including phenoxy) is 3. The molecule has 1 saturated heterocycles. The van der Waals surface area contributed by atoms with Gasteiger partial charge in [0.05, 0.1) is 26.4 Å². The fourth-order valence-electron chi connectivity index (χ4n) is 3.06. The van der Waals surface area contributed by atoms with Crippen LogP contribution in [0.25, 0.3) is 0 Å². The topological polar surface area (TPSA) is 36.6 Å². The van der Waals surface area contributed by atoms with Gasteiger partial charge >= 0.3 is 0 Å². The summed E-state index contributed by atoms with van der Waals surface area (Å²) in [6.07, 6.45) is 2.24. The number of hydrogen-bond acceptors (Lipinski definition) is 3. The van der Waals surface area contributed by atoms with Gasteiger partial charge in [-0.15, -0.1) is 0 Å². The first-order valence-corrected chi connectivity index (χ1v) is 9.92. The Hall–Kier alpha value is -1.30. The van der Waals surface area contributed by atoms with Crippen molar-refractivity contribution in [2.75, 3.05) is 65.7 Å². The molecule has 2 rings (SSSR count). The van der Waals surface area contributed by atoms with E-state index in [1.165, 1.54) is 32.7 Å². The molecule has 142 valence electrons. The fraction of sp³-hybridized carbons (Fsp3) is 0.700. The highest BCUT2D eigenvalue weighted by molar-refractivity contribution is 5.31. The van der Waals surface area contributed by atoms with Gasteiger partial charge in [0.25, 0.3) is 0 Å². The van der Waals surface area contributed by atoms with E-state index in [1.807, 2.05) is 24.3 Å². The summed E-state index contributed by atoms with van der Waals surface area (Å²) in [5.41, 5.74) is 0. The number of quaternary nitrogens is 2.